The molecule has 0 atom stereocenters. The fourth-order valence-electron chi connectivity index (χ4n) is 2.70. The third kappa shape index (κ3) is 3.59. The number of aliphatic imine (C=N–C) groups is 1. The van der Waals surface area contributed by atoms with Crippen LogP contribution in [0, 0.1) is 5.82 Å². The number of benzene rings is 1. The average molecular weight is 314 g/mol. The maximum atomic E-state index is 13.7. The topological polar surface area (TPSA) is 72.5 Å². The Morgan fingerprint density at radius 1 is 1.35 bits per heavy atom. The monoisotopic (exact) mass is 314 g/mol. The van der Waals surface area contributed by atoms with Gasteiger partial charge < -0.3 is 15.8 Å². The molecule has 23 heavy (non-hydrogen) atoms. The number of nitrogens with one attached hydrogen (secondary N) is 1. The quantitative estimate of drug-likeness (QED) is 0.672. The van der Waals surface area contributed by atoms with Crippen LogP contribution in [0.2, 0.25) is 0 Å². The van der Waals surface area contributed by atoms with Crippen LogP contribution in [-0.2, 0) is 0 Å². The molecule has 1 heterocycles. The summed E-state index contributed by atoms with van der Waals surface area (Å²) in [6, 6.07) is 10.8. The van der Waals surface area contributed by atoms with Crippen molar-refractivity contribution >= 4 is 11.8 Å². The number of methoxy groups -OCH3 is 1. The molecule has 3 rings (SSSR count). The van der Waals surface area contributed by atoms with E-state index in [-0.39, 0.29) is 17.6 Å². The molecule has 6 heteroatoms. The fraction of sp³-hybridized carbons (Fsp3) is 0.294. The van der Waals surface area contributed by atoms with Crippen molar-refractivity contribution in [2.24, 2.45) is 10.7 Å². The average Bonchev–Trinajstić information content (AvgIpc) is 2.51. The maximum Gasteiger partial charge on any atom is 0.194 e. The predicted molar refractivity (Wildman–Crippen MR) is 88.2 cm³/mol. The summed E-state index contributed by atoms with van der Waals surface area (Å²) >= 11 is 0. The van der Waals surface area contributed by atoms with Gasteiger partial charge in [-0.1, -0.05) is 12.1 Å². The van der Waals surface area contributed by atoms with Crippen LogP contribution in [-0.4, -0.2) is 24.1 Å². The van der Waals surface area contributed by atoms with E-state index in [1.807, 2.05) is 24.3 Å². The van der Waals surface area contributed by atoms with E-state index in [0.717, 1.165) is 18.4 Å². The Kier molecular flexibility index (Phi) is 4.41. The van der Waals surface area contributed by atoms with Gasteiger partial charge in [-0.2, -0.15) is 0 Å². The van der Waals surface area contributed by atoms with Gasteiger partial charge in [0.2, 0.25) is 0 Å². The van der Waals surface area contributed by atoms with Crippen LogP contribution in [0.3, 0.4) is 0 Å². The minimum absolute atomic E-state index is 0.154. The van der Waals surface area contributed by atoms with Gasteiger partial charge in [0, 0.05) is 6.20 Å². The third-order valence-corrected chi connectivity index (χ3v) is 4.00. The Balaban J connectivity index is 1.56. The van der Waals surface area contributed by atoms with E-state index in [2.05, 4.69) is 15.3 Å². The lowest BCUT2D eigenvalue weighted by Gasteiger charge is -2.33. The Morgan fingerprint density at radius 3 is 2.83 bits per heavy atom. The highest BCUT2D eigenvalue weighted by atomic mass is 19.1. The number of guanidine groups is 1. The highest BCUT2D eigenvalue weighted by Gasteiger charge is 2.30. The number of aromatic nitrogens is 1. The largest absolute Gasteiger partial charge is 0.494 e. The SMILES string of the molecule is COc1ccc(C2CC(N=C(N)Nc3ccccn3)C2)cc1F. The van der Waals surface area contributed by atoms with Gasteiger partial charge in [0.05, 0.1) is 13.2 Å². The van der Waals surface area contributed by atoms with Gasteiger partial charge in [-0.05, 0) is 48.6 Å². The molecule has 0 spiro atoms. The van der Waals surface area contributed by atoms with Crippen molar-refractivity contribution in [1.82, 2.24) is 4.98 Å². The fourth-order valence-corrected chi connectivity index (χ4v) is 2.70. The van der Waals surface area contributed by atoms with Gasteiger partial charge in [-0.3, -0.25) is 0 Å². The summed E-state index contributed by atoms with van der Waals surface area (Å²) < 4.78 is 18.7. The molecule has 1 aromatic heterocycles. The van der Waals surface area contributed by atoms with Crippen LogP contribution in [0.15, 0.2) is 47.6 Å². The first-order chi connectivity index (χ1) is 11.2. The number of ether oxygens (including phenoxy) is 1. The highest BCUT2D eigenvalue weighted by molar-refractivity contribution is 5.91. The Hall–Kier alpha value is -2.63. The minimum Gasteiger partial charge on any atom is -0.494 e. The molecule has 1 aliphatic rings. The van der Waals surface area contributed by atoms with Gasteiger partial charge in [0.1, 0.15) is 5.82 Å². The Labute approximate surface area is 134 Å². The summed E-state index contributed by atoms with van der Waals surface area (Å²) in [5, 5.41) is 2.96. The summed E-state index contributed by atoms with van der Waals surface area (Å²) in [6.45, 7) is 0. The van der Waals surface area contributed by atoms with Crippen LogP contribution in [0.5, 0.6) is 5.75 Å². The van der Waals surface area contributed by atoms with Gasteiger partial charge in [-0.15, -0.1) is 0 Å². The van der Waals surface area contributed by atoms with E-state index in [1.54, 1.807) is 18.3 Å². The van der Waals surface area contributed by atoms with E-state index in [9.17, 15) is 4.39 Å². The molecule has 1 aromatic carbocycles. The molecule has 0 aliphatic heterocycles. The zero-order chi connectivity index (χ0) is 16.2. The Morgan fingerprint density at radius 2 is 2.17 bits per heavy atom. The van der Waals surface area contributed by atoms with Crippen LogP contribution >= 0.6 is 0 Å². The predicted octanol–water partition coefficient (Wildman–Crippen LogP) is 2.90. The molecule has 0 saturated heterocycles. The summed E-state index contributed by atoms with van der Waals surface area (Å²) in [5.74, 6) is 1.28. The van der Waals surface area contributed by atoms with Crippen LogP contribution < -0.4 is 15.8 Å². The molecule has 2 aromatic rings. The molecule has 5 nitrogen and oxygen atoms in total. The van der Waals surface area contributed by atoms with Crippen LogP contribution in [0.25, 0.3) is 0 Å². The Bertz CT molecular complexity index is 699. The van der Waals surface area contributed by atoms with Crippen molar-refractivity contribution < 1.29 is 9.13 Å². The first-order valence-corrected chi connectivity index (χ1v) is 7.50. The van der Waals surface area contributed by atoms with Crippen molar-refractivity contribution in [1.29, 1.82) is 0 Å². The minimum atomic E-state index is -0.326. The van der Waals surface area contributed by atoms with E-state index in [1.165, 1.54) is 7.11 Å². The number of rotatable bonds is 4. The summed E-state index contributed by atoms with van der Waals surface area (Å²) in [7, 11) is 1.46. The van der Waals surface area contributed by atoms with Crippen LogP contribution in [0.1, 0.15) is 24.3 Å². The number of halogens is 1. The number of hydrogen-bond donors (Lipinski definition) is 2. The second-order valence-electron chi connectivity index (χ2n) is 5.57. The first kappa shape index (κ1) is 15.3. The smallest absolute Gasteiger partial charge is 0.194 e. The van der Waals surface area contributed by atoms with Crippen molar-refractivity contribution in [3.63, 3.8) is 0 Å². The van der Waals surface area contributed by atoms with Gasteiger partial charge >= 0.3 is 0 Å². The molecule has 120 valence electrons. The van der Waals surface area contributed by atoms with E-state index in [4.69, 9.17) is 10.5 Å². The normalized spacial score (nSPS) is 20.7. The molecule has 1 saturated carbocycles. The zero-order valence-corrected chi connectivity index (χ0v) is 12.9. The van der Waals surface area contributed by atoms with E-state index >= 15 is 0 Å². The molecular formula is C17H19FN4O. The summed E-state index contributed by atoms with van der Waals surface area (Å²) in [4.78, 5) is 8.57. The third-order valence-electron chi connectivity index (χ3n) is 4.00. The van der Waals surface area contributed by atoms with Crippen LogP contribution in [0.4, 0.5) is 10.2 Å². The van der Waals surface area contributed by atoms with Crippen molar-refractivity contribution in [3.05, 3.63) is 54.0 Å². The van der Waals surface area contributed by atoms with Crippen molar-refractivity contribution in [2.75, 3.05) is 12.4 Å². The number of nitrogens with two attached hydrogens (primary N) is 1. The van der Waals surface area contributed by atoms with Gasteiger partial charge in [-0.25, -0.2) is 14.4 Å². The highest BCUT2D eigenvalue weighted by Crippen LogP contribution is 2.39. The zero-order valence-electron chi connectivity index (χ0n) is 12.9. The second kappa shape index (κ2) is 6.64. The lowest BCUT2D eigenvalue weighted by Crippen LogP contribution is -2.31. The van der Waals surface area contributed by atoms with Crippen molar-refractivity contribution in [2.45, 2.75) is 24.8 Å². The summed E-state index contributed by atoms with van der Waals surface area (Å²) in [6.07, 6.45) is 3.40. The molecule has 0 amide bonds. The maximum absolute atomic E-state index is 13.7. The number of nitrogens with zero attached hydrogens (tertiary/aromatic N) is 2. The lowest BCUT2D eigenvalue weighted by molar-refractivity contribution is 0.349. The van der Waals surface area contributed by atoms with Gasteiger partial charge in [0.25, 0.3) is 0 Å². The van der Waals surface area contributed by atoms with Crippen molar-refractivity contribution in [3.8, 4) is 5.75 Å². The summed E-state index contributed by atoms with van der Waals surface area (Å²) in [5.41, 5.74) is 6.86. The first-order valence-electron chi connectivity index (χ1n) is 7.50. The standard InChI is InChI=1S/C17H19FN4O/c1-23-15-6-5-11(10-14(15)18)12-8-13(9-12)21-17(19)22-16-4-2-3-7-20-16/h2-7,10,12-13H,8-9H2,1H3,(H3,19,20,21,22). The molecule has 0 bridgehead atoms. The molecule has 0 unspecified atom stereocenters. The molecule has 1 aliphatic carbocycles. The number of pyridine rings is 1. The molecule has 3 N–H and O–H groups in total. The molecule has 0 radical (unpaired) electrons. The second-order valence-corrected chi connectivity index (χ2v) is 5.57. The van der Waals surface area contributed by atoms with Gasteiger partial charge in [0.15, 0.2) is 17.5 Å². The van der Waals surface area contributed by atoms with E-state index in [0.29, 0.717) is 17.7 Å². The molecular weight excluding hydrogens is 295 g/mol. The number of hydrogen-bond acceptors (Lipinski definition) is 3. The van der Waals surface area contributed by atoms with E-state index < -0.39 is 0 Å². The molecule has 1 fully saturated rings. The number of anilines is 1. The lowest BCUT2D eigenvalue weighted by atomic mass is 9.76.